The smallest absolute Gasteiger partial charge is 0.407 e. The molecule has 1 saturated heterocycles. The molecule has 26 heavy (non-hydrogen) atoms. The van der Waals surface area contributed by atoms with E-state index in [9.17, 15) is 23.2 Å². The Morgan fingerprint density at radius 1 is 1.31 bits per heavy atom. The molecule has 1 fully saturated rings. The van der Waals surface area contributed by atoms with Crippen LogP contribution >= 0.6 is 0 Å². The fourth-order valence-corrected chi connectivity index (χ4v) is 4.34. The quantitative estimate of drug-likeness (QED) is 0.753. The minimum Gasteiger partial charge on any atom is -0.591 e. The van der Waals surface area contributed by atoms with Gasteiger partial charge in [0.05, 0.1) is 0 Å². The average molecular weight is 384 g/mol. The van der Waals surface area contributed by atoms with Crippen LogP contribution < -0.4 is 0 Å². The van der Waals surface area contributed by atoms with Gasteiger partial charge in [0.1, 0.15) is 33.5 Å². The normalized spacial score (nSPS) is 21.9. The third-order valence-corrected chi connectivity index (χ3v) is 6.52. The first kappa shape index (κ1) is 19.1. The third kappa shape index (κ3) is 3.32. The molecule has 1 atom stereocenters. The highest BCUT2D eigenvalue weighted by Crippen LogP contribution is 2.46. The number of hydrogen-bond donors (Lipinski definition) is 1. The summed E-state index contributed by atoms with van der Waals surface area (Å²) in [6.07, 6.45) is 0.205. The molecule has 1 N–H and O–H groups in total. The van der Waals surface area contributed by atoms with E-state index in [4.69, 9.17) is 0 Å². The number of rotatable bonds is 1. The molecule has 1 aromatic rings. The fraction of sp³-hybridized carbons (Fsp3) is 0.556. The van der Waals surface area contributed by atoms with Crippen molar-refractivity contribution in [2.75, 3.05) is 13.1 Å². The molecule has 1 amide bonds. The van der Waals surface area contributed by atoms with Crippen molar-refractivity contribution in [1.29, 1.82) is 0 Å². The summed E-state index contributed by atoms with van der Waals surface area (Å²) >= 11 is -1.58. The highest BCUT2D eigenvalue weighted by molar-refractivity contribution is 7.91. The van der Waals surface area contributed by atoms with Gasteiger partial charge in [-0.25, -0.2) is 13.6 Å². The predicted octanol–water partition coefficient (Wildman–Crippen LogP) is 3.53. The third-order valence-electron chi connectivity index (χ3n) is 5.12. The van der Waals surface area contributed by atoms with Crippen molar-refractivity contribution in [3.63, 3.8) is 0 Å². The molecule has 0 aromatic heterocycles. The number of benzene rings is 1. The molecule has 1 aromatic carbocycles. The Balaban J connectivity index is 2.06. The van der Waals surface area contributed by atoms with E-state index in [2.05, 4.69) is 4.40 Å². The average Bonchev–Trinajstić information content (AvgIpc) is 2.81. The number of halogens is 2. The van der Waals surface area contributed by atoms with Crippen LogP contribution in [0.2, 0.25) is 0 Å². The number of hydrogen-bond acceptors (Lipinski definition) is 3. The van der Waals surface area contributed by atoms with Gasteiger partial charge in [-0.05, 0) is 51.7 Å². The number of nitrogens with zero attached hydrogens (tertiary/aromatic N) is 2. The van der Waals surface area contributed by atoms with Gasteiger partial charge in [0.15, 0.2) is 0 Å². The standard InChI is InChI=1S/C18H22F2N2O3S/c1-17(2,3)26(25)21-15-12-8-11(19)9-14(20)13(12)10-18(15)4-6-22(7-5-18)16(23)24/h8-9H,4-7,10H2,1-3H3,(H,23,24). The number of fused-ring (bicyclic) bond motifs is 1. The van der Waals surface area contributed by atoms with Crippen LogP contribution in [0.1, 0.15) is 44.7 Å². The maximum Gasteiger partial charge on any atom is 0.407 e. The van der Waals surface area contributed by atoms with Crippen molar-refractivity contribution < 1.29 is 23.2 Å². The molecule has 1 spiro atoms. The maximum atomic E-state index is 14.4. The first-order chi connectivity index (χ1) is 12.0. The van der Waals surface area contributed by atoms with E-state index in [1.54, 1.807) is 20.8 Å². The molecule has 1 aliphatic heterocycles. The van der Waals surface area contributed by atoms with Crippen LogP contribution in [0.5, 0.6) is 0 Å². The Kier molecular flexibility index (Phi) is 4.77. The lowest BCUT2D eigenvalue weighted by molar-refractivity contribution is 0.114. The van der Waals surface area contributed by atoms with Gasteiger partial charge >= 0.3 is 6.09 Å². The lowest BCUT2D eigenvalue weighted by Crippen LogP contribution is -2.45. The predicted molar refractivity (Wildman–Crippen MR) is 95.8 cm³/mol. The Hall–Kier alpha value is -1.67. The minimum absolute atomic E-state index is 0.286. The van der Waals surface area contributed by atoms with Crippen molar-refractivity contribution in [3.05, 3.63) is 34.9 Å². The van der Waals surface area contributed by atoms with Gasteiger partial charge in [-0.15, -0.1) is 0 Å². The topological polar surface area (TPSA) is 76.0 Å². The van der Waals surface area contributed by atoms with Crippen LogP contribution in [0.4, 0.5) is 13.6 Å². The monoisotopic (exact) mass is 384 g/mol. The van der Waals surface area contributed by atoms with Gasteiger partial charge in [-0.3, -0.25) is 0 Å². The summed E-state index contributed by atoms with van der Waals surface area (Å²) in [4.78, 5) is 12.5. The summed E-state index contributed by atoms with van der Waals surface area (Å²) in [5, 5.41) is 9.18. The Bertz CT molecular complexity index is 768. The summed E-state index contributed by atoms with van der Waals surface area (Å²) in [5.41, 5.74) is 0.581. The van der Waals surface area contributed by atoms with Crippen molar-refractivity contribution in [2.45, 2.75) is 44.8 Å². The zero-order valence-corrected chi connectivity index (χ0v) is 15.8. The van der Waals surface area contributed by atoms with E-state index in [0.29, 0.717) is 36.1 Å². The Morgan fingerprint density at radius 2 is 1.92 bits per heavy atom. The van der Waals surface area contributed by atoms with E-state index < -0.39 is 39.3 Å². The van der Waals surface area contributed by atoms with E-state index >= 15 is 0 Å². The molecule has 2 aliphatic rings. The molecular weight excluding hydrogens is 362 g/mol. The zero-order valence-electron chi connectivity index (χ0n) is 15.0. The van der Waals surface area contributed by atoms with Gasteiger partial charge in [-0.1, -0.05) is 4.40 Å². The molecule has 142 valence electrons. The summed E-state index contributed by atoms with van der Waals surface area (Å²) in [7, 11) is 0. The van der Waals surface area contributed by atoms with Crippen LogP contribution in [-0.4, -0.2) is 44.2 Å². The second kappa shape index (κ2) is 6.49. The van der Waals surface area contributed by atoms with Crippen molar-refractivity contribution >= 4 is 23.2 Å². The maximum absolute atomic E-state index is 14.4. The Labute approximate surface area is 154 Å². The molecule has 8 heteroatoms. The molecule has 0 bridgehead atoms. The number of piperidine rings is 1. The second-order valence-corrected chi connectivity index (χ2v) is 9.85. The van der Waals surface area contributed by atoms with E-state index in [0.717, 1.165) is 6.07 Å². The lowest BCUT2D eigenvalue weighted by atomic mass is 9.74. The fourth-order valence-electron chi connectivity index (χ4n) is 3.61. The summed E-state index contributed by atoms with van der Waals surface area (Å²) in [6, 6.07) is 2.10. The van der Waals surface area contributed by atoms with E-state index in [1.165, 1.54) is 11.0 Å². The van der Waals surface area contributed by atoms with Gasteiger partial charge in [-0.2, -0.15) is 0 Å². The van der Waals surface area contributed by atoms with Crippen molar-refractivity contribution in [2.24, 2.45) is 9.81 Å². The first-order valence-electron chi connectivity index (χ1n) is 8.51. The number of amides is 1. The second-order valence-electron chi connectivity index (χ2n) is 7.94. The van der Waals surface area contributed by atoms with Gasteiger partial charge in [0.25, 0.3) is 0 Å². The van der Waals surface area contributed by atoms with Gasteiger partial charge in [0.2, 0.25) is 0 Å². The summed E-state index contributed by atoms with van der Waals surface area (Å²) in [6.45, 7) is 5.93. The van der Waals surface area contributed by atoms with Crippen LogP contribution in [0.3, 0.4) is 0 Å². The van der Waals surface area contributed by atoms with Crippen LogP contribution in [0.15, 0.2) is 16.5 Å². The number of carboxylic acid groups (broad SMARTS) is 1. The summed E-state index contributed by atoms with van der Waals surface area (Å²) < 4.78 is 44.6. The molecule has 5 nitrogen and oxygen atoms in total. The van der Waals surface area contributed by atoms with Crippen LogP contribution in [0.25, 0.3) is 0 Å². The van der Waals surface area contributed by atoms with Gasteiger partial charge in [0, 0.05) is 30.1 Å². The SMILES string of the molecule is CC(C)(C)[S+]([O-])N=C1c2cc(F)cc(F)c2CC12CCN(C(=O)O)CC2. The molecule has 1 aliphatic carbocycles. The van der Waals surface area contributed by atoms with Crippen molar-refractivity contribution in [1.82, 2.24) is 4.90 Å². The highest BCUT2D eigenvalue weighted by atomic mass is 32.2. The summed E-state index contributed by atoms with van der Waals surface area (Å²) in [5.74, 6) is -1.33. The molecular formula is C18H22F2N2O3S. The minimum atomic E-state index is -1.58. The number of likely N-dealkylation sites (tertiary alicyclic amines) is 1. The van der Waals surface area contributed by atoms with Gasteiger partial charge < -0.3 is 14.6 Å². The van der Waals surface area contributed by atoms with E-state index in [-0.39, 0.29) is 13.1 Å². The Morgan fingerprint density at radius 3 is 2.46 bits per heavy atom. The first-order valence-corrected chi connectivity index (χ1v) is 9.61. The zero-order chi connectivity index (χ0) is 19.3. The molecule has 3 rings (SSSR count). The molecule has 0 radical (unpaired) electrons. The number of carbonyl (C=O) groups is 1. The molecule has 1 unspecified atom stereocenters. The highest BCUT2D eigenvalue weighted by Gasteiger charge is 2.49. The van der Waals surface area contributed by atoms with E-state index in [1.807, 2.05) is 0 Å². The van der Waals surface area contributed by atoms with Crippen molar-refractivity contribution in [3.8, 4) is 0 Å². The van der Waals surface area contributed by atoms with Crippen LogP contribution in [0, 0.1) is 17.0 Å². The largest absolute Gasteiger partial charge is 0.591 e. The molecule has 0 saturated carbocycles. The molecule has 1 heterocycles. The lowest BCUT2D eigenvalue weighted by Gasteiger charge is -2.38. The van der Waals surface area contributed by atoms with Crippen LogP contribution in [-0.2, 0) is 17.8 Å².